The first-order chi connectivity index (χ1) is 12.9. The predicted molar refractivity (Wildman–Crippen MR) is 99.3 cm³/mol. The van der Waals surface area contributed by atoms with Crippen molar-refractivity contribution in [3.8, 4) is 0 Å². The van der Waals surface area contributed by atoms with Crippen molar-refractivity contribution in [2.75, 3.05) is 23.3 Å². The van der Waals surface area contributed by atoms with E-state index in [2.05, 4.69) is 10.6 Å². The number of aliphatic carboxylic acids is 1. The number of urea groups is 1. The summed E-state index contributed by atoms with van der Waals surface area (Å²) in [6.45, 7) is 4.66. The molecule has 0 spiro atoms. The van der Waals surface area contributed by atoms with Crippen LogP contribution in [-0.2, 0) is 17.6 Å². The lowest BCUT2D eigenvalue weighted by Gasteiger charge is -2.18. The fraction of sp³-hybridized carbons (Fsp3) is 0.316. The Labute approximate surface area is 156 Å². The molecule has 0 bridgehead atoms. The molecule has 3 N–H and O–H groups in total. The van der Waals surface area contributed by atoms with Crippen LogP contribution in [0.25, 0.3) is 0 Å². The number of carboxylic acids is 1. The summed E-state index contributed by atoms with van der Waals surface area (Å²) in [5, 5.41) is 14.5. The highest BCUT2D eigenvalue weighted by Crippen LogP contribution is 2.31. The van der Waals surface area contributed by atoms with Crippen LogP contribution in [0.15, 0.2) is 28.9 Å². The highest BCUT2D eigenvalue weighted by Gasteiger charge is 2.25. The molecule has 27 heavy (non-hydrogen) atoms. The second-order valence-corrected chi connectivity index (χ2v) is 6.32. The van der Waals surface area contributed by atoms with E-state index in [4.69, 9.17) is 9.52 Å². The average molecular weight is 371 g/mol. The first-order valence-corrected chi connectivity index (χ1v) is 8.69. The Morgan fingerprint density at radius 2 is 2.07 bits per heavy atom. The van der Waals surface area contributed by atoms with Crippen LogP contribution in [0.5, 0.6) is 0 Å². The van der Waals surface area contributed by atoms with E-state index in [9.17, 15) is 14.4 Å². The lowest BCUT2D eigenvalue weighted by molar-refractivity contribution is -0.136. The number of carbonyl (C=O) groups excluding carboxylic acids is 2. The van der Waals surface area contributed by atoms with Crippen molar-refractivity contribution in [1.82, 2.24) is 5.32 Å². The van der Waals surface area contributed by atoms with Gasteiger partial charge in [0.05, 0.1) is 17.5 Å². The van der Waals surface area contributed by atoms with Crippen LogP contribution in [0.4, 0.5) is 16.2 Å². The van der Waals surface area contributed by atoms with Crippen LogP contribution in [-0.4, -0.2) is 36.1 Å². The molecule has 3 amide bonds. The molecule has 1 aromatic heterocycles. The highest BCUT2D eigenvalue weighted by atomic mass is 16.4. The molecule has 0 atom stereocenters. The Morgan fingerprint density at radius 3 is 2.78 bits per heavy atom. The van der Waals surface area contributed by atoms with Crippen LogP contribution in [0.1, 0.15) is 34.2 Å². The number of anilines is 2. The molecule has 8 nitrogen and oxygen atoms in total. The summed E-state index contributed by atoms with van der Waals surface area (Å²) in [4.78, 5) is 37.4. The lowest BCUT2D eigenvalue weighted by Crippen LogP contribution is -2.38. The molecule has 0 radical (unpaired) electrons. The zero-order valence-corrected chi connectivity index (χ0v) is 15.2. The van der Waals surface area contributed by atoms with Crippen molar-refractivity contribution in [2.45, 2.75) is 26.7 Å². The van der Waals surface area contributed by atoms with E-state index in [1.807, 2.05) is 13.0 Å². The van der Waals surface area contributed by atoms with Gasteiger partial charge in [0.2, 0.25) is 0 Å². The minimum absolute atomic E-state index is 0.114. The molecule has 1 aliphatic heterocycles. The van der Waals surface area contributed by atoms with Gasteiger partial charge in [0, 0.05) is 24.3 Å². The normalized spacial score (nSPS) is 12.6. The number of nitrogens with zero attached hydrogens (tertiary/aromatic N) is 1. The zero-order chi connectivity index (χ0) is 19.6. The number of furan rings is 1. The molecule has 0 fully saturated rings. The Bertz CT molecular complexity index is 903. The maximum absolute atomic E-state index is 12.7. The lowest BCUT2D eigenvalue weighted by atomic mass is 10.1. The fourth-order valence-electron chi connectivity index (χ4n) is 3.18. The number of carboxylic acid groups (broad SMARTS) is 1. The maximum Gasteiger partial charge on any atom is 0.321 e. The van der Waals surface area contributed by atoms with Crippen molar-refractivity contribution < 1.29 is 23.9 Å². The summed E-state index contributed by atoms with van der Waals surface area (Å²) < 4.78 is 5.21. The van der Waals surface area contributed by atoms with Crippen molar-refractivity contribution >= 4 is 29.3 Å². The number of aryl methyl sites for hydroxylation is 1. The van der Waals surface area contributed by atoms with E-state index in [1.165, 1.54) is 6.26 Å². The molecule has 0 saturated carbocycles. The molecule has 1 aliphatic rings. The van der Waals surface area contributed by atoms with Gasteiger partial charge in [-0.15, -0.1) is 0 Å². The Hall–Kier alpha value is -3.29. The predicted octanol–water partition coefficient (Wildman–Crippen LogP) is 2.56. The molecule has 0 unspecified atom stereocenters. The van der Waals surface area contributed by atoms with E-state index in [0.29, 0.717) is 24.3 Å². The molecule has 0 saturated heterocycles. The summed E-state index contributed by atoms with van der Waals surface area (Å²) in [5.74, 6) is -1.41. The monoisotopic (exact) mass is 371 g/mol. The van der Waals surface area contributed by atoms with Gasteiger partial charge < -0.3 is 20.2 Å². The minimum atomic E-state index is -1.08. The summed E-state index contributed by atoms with van der Waals surface area (Å²) in [6, 6.07) is 5.23. The molecular formula is C19H21N3O5. The molecule has 142 valence electrons. The fourth-order valence-corrected chi connectivity index (χ4v) is 3.18. The summed E-state index contributed by atoms with van der Waals surface area (Å²) in [7, 11) is 0. The average Bonchev–Trinajstić information content (AvgIpc) is 3.18. The van der Waals surface area contributed by atoms with E-state index < -0.39 is 11.9 Å². The number of amides is 3. The van der Waals surface area contributed by atoms with Crippen molar-refractivity contribution in [1.29, 1.82) is 0 Å². The molecule has 2 heterocycles. The van der Waals surface area contributed by atoms with E-state index in [-0.39, 0.29) is 23.8 Å². The van der Waals surface area contributed by atoms with Crippen molar-refractivity contribution in [2.24, 2.45) is 0 Å². The second-order valence-electron chi connectivity index (χ2n) is 6.32. The summed E-state index contributed by atoms with van der Waals surface area (Å²) in [5.41, 5.74) is 3.10. The van der Waals surface area contributed by atoms with Gasteiger partial charge >= 0.3 is 12.0 Å². The topological polar surface area (TPSA) is 112 Å². The largest absolute Gasteiger partial charge is 0.481 e. The van der Waals surface area contributed by atoms with Gasteiger partial charge in [-0.25, -0.2) is 4.79 Å². The third-order valence-electron chi connectivity index (χ3n) is 4.40. The number of hydrogen-bond donors (Lipinski definition) is 3. The Morgan fingerprint density at radius 1 is 1.30 bits per heavy atom. The third kappa shape index (κ3) is 3.79. The first kappa shape index (κ1) is 18.5. The molecule has 0 aliphatic carbocycles. The number of rotatable bonds is 5. The number of hydrogen-bond acceptors (Lipinski definition) is 4. The quantitative estimate of drug-likeness (QED) is 0.748. The van der Waals surface area contributed by atoms with Crippen LogP contribution in [0.3, 0.4) is 0 Å². The van der Waals surface area contributed by atoms with Gasteiger partial charge in [0.25, 0.3) is 5.91 Å². The van der Waals surface area contributed by atoms with Crippen LogP contribution in [0.2, 0.25) is 0 Å². The number of carbonyl (C=O) groups is 3. The minimum Gasteiger partial charge on any atom is -0.481 e. The third-order valence-corrected chi connectivity index (χ3v) is 4.40. The molecule has 1 aromatic carbocycles. The number of benzene rings is 1. The molecular weight excluding hydrogens is 350 g/mol. The van der Waals surface area contributed by atoms with Crippen molar-refractivity contribution in [3.05, 3.63) is 46.9 Å². The first-order valence-electron chi connectivity index (χ1n) is 8.69. The number of fused-ring (bicyclic) bond motifs is 1. The van der Waals surface area contributed by atoms with Crippen LogP contribution >= 0.6 is 0 Å². The SMILES string of the molecule is CCNC(=O)N1CCc2ccc(NC(=O)c3c(C)coc3CC(=O)O)cc21. The summed E-state index contributed by atoms with van der Waals surface area (Å²) >= 11 is 0. The maximum atomic E-state index is 12.7. The van der Waals surface area contributed by atoms with Crippen molar-refractivity contribution in [3.63, 3.8) is 0 Å². The van der Waals surface area contributed by atoms with Gasteiger partial charge in [-0.3, -0.25) is 14.5 Å². The smallest absolute Gasteiger partial charge is 0.321 e. The van der Waals surface area contributed by atoms with Gasteiger partial charge in [0.15, 0.2) is 0 Å². The Kier molecular flexibility index (Phi) is 5.16. The summed E-state index contributed by atoms with van der Waals surface area (Å²) in [6.07, 6.45) is 1.75. The molecule has 3 rings (SSSR count). The zero-order valence-electron chi connectivity index (χ0n) is 15.2. The van der Waals surface area contributed by atoms with E-state index in [0.717, 1.165) is 17.7 Å². The van der Waals surface area contributed by atoms with E-state index in [1.54, 1.807) is 24.0 Å². The van der Waals surface area contributed by atoms with Gasteiger partial charge in [0.1, 0.15) is 12.2 Å². The van der Waals surface area contributed by atoms with Gasteiger partial charge in [-0.05, 0) is 38.0 Å². The standard InChI is InChI=1S/C19H21N3O5/c1-3-20-19(26)22-7-6-12-4-5-13(8-14(12)22)21-18(25)17-11(2)10-27-15(17)9-16(23)24/h4-5,8,10H,3,6-7,9H2,1-2H3,(H,20,26)(H,21,25)(H,23,24). The molecule has 8 heteroatoms. The van der Waals surface area contributed by atoms with Crippen LogP contribution < -0.4 is 15.5 Å². The highest BCUT2D eigenvalue weighted by molar-refractivity contribution is 6.07. The molecule has 2 aromatic rings. The van der Waals surface area contributed by atoms with Gasteiger partial charge in [-0.2, -0.15) is 0 Å². The number of nitrogens with one attached hydrogen (secondary N) is 2. The van der Waals surface area contributed by atoms with E-state index >= 15 is 0 Å². The second kappa shape index (κ2) is 7.53. The van der Waals surface area contributed by atoms with Crippen LogP contribution in [0, 0.1) is 6.92 Å². The Balaban J connectivity index is 1.82. The van der Waals surface area contributed by atoms with Gasteiger partial charge in [-0.1, -0.05) is 6.07 Å².